The Morgan fingerprint density at radius 3 is 2.42 bits per heavy atom. The standard InChI is InChI=1S/C25H31Cl2N3O3/c1-3-33-12-4-9-28-25(32)22-16-21(5-6-23(22)30-10-7-17(2)8-11-30)29-24(31)18-13-19(26)15-20(27)14-18/h5-6,13-17H,3-4,7-12H2,1-2H3,(H,28,32)(H,29,31). The fourth-order valence-corrected chi connectivity index (χ4v) is 4.35. The number of piperidine rings is 1. The van der Waals surface area contributed by atoms with Gasteiger partial charge in [0.05, 0.1) is 5.56 Å². The SMILES string of the molecule is CCOCCCNC(=O)c1cc(NC(=O)c2cc(Cl)cc(Cl)c2)ccc1N1CCC(C)CC1. The van der Waals surface area contributed by atoms with E-state index in [1.165, 1.54) is 0 Å². The van der Waals surface area contributed by atoms with Crippen LogP contribution in [0.25, 0.3) is 0 Å². The summed E-state index contributed by atoms with van der Waals surface area (Å²) >= 11 is 12.1. The highest BCUT2D eigenvalue weighted by Gasteiger charge is 2.22. The third kappa shape index (κ3) is 7.36. The number of hydrogen-bond donors (Lipinski definition) is 2. The summed E-state index contributed by atoms with van der Waals surface area (Å²) < 4.78 is 5.35. The van der Waals surface area contributed by atoms with E-state index in [2.05, 4.69) is 22.5 Å². The number of carbonyl (C=O) groups is 2. The molecule has 1 fully saturated rings. The van der Waals surface area contributed by atoms with Crippen LogP contribution in [0.4, 0.5) is 11.4 Å². The number of carbonyl (C=O) groups excluding carboxylic acids is 2. The second-order valence-electron chi connectivity index (χ2n) is 8.32. The van der Waals surface area contributed by atoms with Crippen LogP contribution in [0.5, 0.6) is 0 Å². The van der Waals surface area contributed by atoms with E-state index in [-0.39, 0.29) is 11.8 Å². The highest BCUT2D eigenvalue weighted by Crippen LogP contribution is 2.29. The van der Waals surface area contributed by atoms with E-state index in [1.807, 2.05) is 19.1 Å². The number of anilines is 2. The lowest BCUT2D eigenvalue weighted by Crippen LogP contribution is -2.35. The molecule has 0 unspecified atom stereocenters. The molecular formula is C25H31Cl2N3O3. The average molecular weight is 492 g/mol. The lowest BCUT2D eigenvalue weighted by atomic mass is 9.97. The maximum atomic E-state index is 13.1. The molecule has 0 spiro atoms. The minimum absolute atomic E-state index is 0.165. The van der Waals surface area contributed by atoms with Gasteiger partial charge in [0.1, 0.15) is 0 Å². The highest BCUT2D eigenvalue weighted by molar-refractivity contribution is 6.35. The summed E-state index contributed by atoms with van der Waals surface area (Å²) in [7, 11) is 0. The normalized spacial score (nSPS) is 14.2. The molecule has 0 saturated carbocycles. The second-order valence-corrected chi connectivity index (χ2v) is 9.19. The van der Waals surface area contributed by atoms with E-state index in [1.54, 1.807) is 24.3 Å². The summed E-state index contributed by atoms with van der Waals surface area (Å²) in [5.41, 5.74) is 2.31. The number of hydrogen-bond acceptors (Lipinski definition) is 4. The molecule has 2 aromatic carbocycles. The first kappa shape index (κ1) is 25.3. The molecule has 0 bridgehead atoms. The summed E-state index contributed by atoms with van der Waals surface area (Å²) in [6.45, 7) is 7.78. The number of benzene rings is 2. The quantitative estimate of drug-likeness (QED) is 0.445. The van der Waals surface area contributed by atoms with Crippen molar-refractivity contribution in [1.29, 1.82) is 0 Å². The van der Waals surface area contributed by atoms with E-state index in [4.69, 9.17) is 27.9 Å². The molecule has 178 valence electrons. The largest absolute Gasteiger partial charge is 0.382 e. The van der Waals surface area contributed by atoms with Crippen LogP contribution in [-0.4, -0.2) is 44.7 Å². The molecule has 1 saturated heterocycles. The molecule has 3 rings (SSSR count). The molecular weight excluding hydrogens is 461 g/mol. The highest BCUT2D eigenvalue weighted by atomic mass is 35.5. The van der Waals surface area contributed by atoms with Gasteiger partial charge in [-0.15, -0.1) is 0 Å². The molecule has 1 heterocycles. The molecule has 8 heteroatoms. The van der Waals surface area contributed by atoms with Gasteiger partial charge in [-0.05, 0) is 68.5 Å². The third-order valence-corrected chi connectivity index (χ3v) is 6.14. The van der Waals surface area contributed by atoms with Gasteiger partial charge in [-0.2, -0.15) is 0 Å². The lowest BCUT2D eigenvalue weighted by molar-refractivity contribution is 0.0943. The Balaban J connectivity index is 1.79. The summed E-state index contributed by atoms with van der Waals surface area (Å²) in [6.07, 6.45) is 2.91. The number of amides is 2. The molecule has 33 heavy (non-hydrogen) atoms. The van der Waals surface area contributed by atoms with Crippen molar-refractivity contribution in [2.45, 2.75) is 33.1 Å². The van der Waals surface area contributed by atoms with Gasteiger partial charge >= 0.3 is 0 Å². The molecule has 0 aliphatic carbocycles. The van der Waals surface area contributed by atoms with Crippen LogP contribution < -0.4 is 15.5 Å². The van der Waals surface area contributed by atoms with Crippen LogP contribution in [0.3, 0.4) is 0 Å². The summed E-state index contributed by atoms with van der Waals surface area (Å²) in [5, 5.41) is 6.60. The van der Waals surface area contributed by atoms with Crippen LogP contribution in [0.2, 0.25) is 10.0 Å². The summed E-state index contributed by atoms with van der Waals surface area (Å²) in [4.78, 5) is 28.1. The molecule has 0 aromatic heterocycles. The van der Waals surface area contributed by atoms with E-state index < -0.39 is 0 Å². The minimum atomic E-state index is -0.345. The van der Waals surface area contributed by atoms with Crippen molar-refractivity contribution >= 4 is 46.4 Å². The van der Waals surface area contributed by atoms with Crippen molar-refractivity contribution in [3.63, 3.8) is 0 Å². The average Bonchev–Trinajstić information content (AvgIpc) is 2.79. The number of ether oxygens (including phenoxy) is 1. The smallest absolute Gasteiger partial charge is 0.255 e. The van der Waals surface area contributed by atoms with Crippen molar-refractivity contribution in [1.82, 2.24) is 5.32 Å². The topological polar surface area (TPSA) is 70.7 Å². The zero-order valence-corrected chi connectivity index (χ0v) is 20.6. The maximum Gasteiger partial charge on any atom is 0.255 e. The molecule has 6 nitrogen and oxygen atoms in total. The summed E-state index contributed by atoms with van der Waals surface area (Å²) in [5.74, 6) is 0.171. The fourth-order valence-electron chi connectivity index (χ4n) is 3.82. The van der Waals surface area contributed by atoms with E-state index in [0.717, 1.165) is 38.0 Å². The first-order valence-electron chi connectivity index (χ1n) is 11.4. The predicted molar refractivity (Wildman–Crippen MR) is 135 cm³/mol. The molecule has 0 radical (unpaired) electrons. The fraction of sp³-hybridized carbons (Fsp3) is 0.440. The van der Waals surface area contributed by atoms with Gasteiger partial charge < -0.3 is 20.3 Å². The molecule has 2 aromatic rings. The maximum absolute atomic E-state index is 13.1. The molecule has 2 amide bonds. The number of rotatable bonds is 9. The van der Waals surface area contributed by atoms with Crippen molar-refractivity contribution in [3.05, 3.63) is 57.6 Å². The van der Waals surface area contributed by atoms with Crippen LogP contribution >= 0.6 is 23.2 Å². The Kier molecular flexibility index (Phi) is 9.41. The van der Waals surface area contributed by atoms with E-state index in [0.29, 0.717) is 52.5 Å². The predicted octanol–water partition coefficient (Wildman–Crippen LogP) is 5.64. The van der Waals surface area contributed by atoms with Crippen molar-refractivity contribution < 1.29 is 14.3 Å². The van der Waals surface area contributed by atoms with Crippen LogP contribution in [0.1, 0.15) is 53.8 Å². The van der Waals surface area contributed by atoms with Crippen LogP contribution in [0.15, 0.2) is 36.4 Å². The Morgan fingerprint density at radius 1 is 1.06 bits per heavy atom. The van der Waals surface area contributed by atoms with Gasteiger partial charge in [-0.3, -0.25) is 9.59 Å². The molecule has 0 atom stereocenters. The van der Waals surface area contributed by atoms with Gasteiger partial charge in [-0.1, -0.05) is 30.1 Å². The number of halogens is 2. The Bertz CT molecular complexity index is 955. The van der Waals surface area contributed by atoms with Crippen molar-refractivity contribution in [3.8, 4) is 0 Å². The van der Waals surface area contributed by atoms with Gasteiger partial charge in [0.2, 0.25) is 0 Å². The zero-order chi connectivity index (χ0) is 23.8. The first-order valence-corrected chi connectivity index (χ1v) is 12.2. The third-order valence-electron chi connectivity index (χ3n) is 5.70. The van der Waals surface area contributed by atoms with Gasteiger partial charge in [0.25, 0.3) is 11.8 Å². The summed E-state index contributed by atoms with van der Waals surface area (Å²) in [6, 6.07) is 10.1. The van der Waals surface area contributed by atoms with Gasteiger partial charge in [0, 0.05) is 59.8 Å². The second kappa shape index (κ2) is 12.3. The van der Waals surface area contributed by atoms with Gasteiger partial charge in [-0.25, -0.2) is 0 Å². The Morgan fingerprint density at radius 2 is 1.76 bits per heavy atom. The number of nitrogens with zero attached hydrogens (tertiary/aromatic N) is 1. The van der Waals surface area contributed by atoms with Crippen LogP contribution in [0, 0.1) is 5.92 Å². The van der Waals surface area contributed by atoms with E-state index in [9.17, 15) is 9.59 Å². The molecule has 1 aliphatic rings. The zero-order valence-electron chi connectivity index (χ0n) is 19.1. The monoisotopic (exact) mass is 491 g/mol. The Labute approximate surface area is 205 Å². The van der Waals surface area contributed by atoms with E-state index >= 15 is 0 Å². The molecule has 1 aliphatic heterocycles. The van der Waals surface area contributed by atoms with Crippen molar-refractivity contribution in [2.75, 3.05) is 43.1 Å². The first-order chi connectivity index (χ1) is 15.9. The Hall–Kier alpha value is -2.28. The van der Waals surface area contributed by atoms with Crippen LogP contribution in [-0.2, 0) is 4.74 Å². The lowest BCUT2D eigenvalue weighted by Gasteiger charge is -2.33. The molecule has 2 N–H and O–H groups in total. The van der Waals surface area contributed by atoms with Gasteiger partial charge in [0.15, 0.2) is 0 Å². The van der Waals surface area contributed by atoms with Crippen molar-refractivity contribution in [2.24, 2.45) is 5.92 Å². The minimum Gasteiger partial charge on any atom is -0.382 e. The number of nitrogens with one attached hydrogen (secondary N) is 2.